The molecule has 0 heterocycles. The van der Waals surface area contributed by atoms with Crippen molar-refractivity contribution in [1.82, 2.24) is 0 Å². The van der Waals surface area contributed by atoms with Crippen LogP contribution < -0.4 is 0 Å². The molecule has 0 aromatic heterocycles. The van der Waals surface area contributed by atoms with Crippen LogP contribution in [0.5, 0.6) is 0 Å². The van der Waals surface area contributed by atoms with Gasteiger partial charge in [0, 0.05) is 17.1 Å². The summed E-state index contributed by atoms with van der Waals surface area (Å²) < 4.78 is 1.00. The molecule has 0 atom stereocenters. The van der Waals surface area contributed by atoms with Crippen LogP contribution in [0.3, 0.4) is 0 Å². The molecule has 0 amide bonds. The van der Waals surface area contributed by atoms with Crippen LogP contribution in [0.1, 0.15) is 1.43 Å². The second-order valence-corrected chi connectivity index (χ2v) is 2.68. The van der Waals surface area contributed by atoms with Crippen LogP contribution in [0.25, 0.3) is 0 Å². The molecule has 0 aliphatic rings. The van der Waals surface area contributed by atoms with E-state index in [2.05, 4.69) is 28.2 Å². The molecule has 1 nitrogen and oxygen atoms in total. The van der Waals surface area contributed by atoms with E-state index in [1.54, 1.807) is 0 Å². The van der Waals surface area contributed by atoms with E-state index in [4.69, 9.17) is 0 Å². The summed E-state index contributed by atoms with van der Waals surface area (Å²) in [6.45, 7) is 0. The van der Waals surface area contributed by atoms with Crippen LogP contribution >= 0.6 is 0 Å². The maximum Gasteiger partial charge on any atom is 0.0675 e. The second kappa shape index (κ2) is 2.62. The van der Waals surface area contributed by atoms with Gasteiger partial charge in [0.05, 0.1) is 28.2 Å². The minimum absolute atomic E-state index is 0. The Balaban J connectivity index is -0.0000000800. The van der Waals surface area contributed by atoms with Crippen LogP contribution in [0, 0.1) is 0 Å². The molecule has 0 spiro atoms. The Kier molecular flexibility index (Phi) is 4.23. The maximum absolute atomic E-state index is 2.12. The molecule has 0 aromatic rings. The van der Waals surface area contributed by atoms with Crippen molar-refractivity contribution < 1.29 is 23.0 Å². The van der Waals surface area contributed by atoms with Gasteiger partial charge in [-0.2, -0.15) is 0 Å². The average molecular weight is 131 g/mol. The van der Waals surface area contributed by atoms with Gasteiger partial charge in [-0.15, -0.1) is 0 Å². The molecule has 2 heteroatoms. The van der Waals surface area contributed by atoms with Crippen molar-refractivity contribution in [1.29, 1.82) is 0 Å². The smallest absolute Gasteiger partial charge is 0.0675 e. The van der Waals surface area contributed by atoms with Crippen molar-refractivity contribution >= 4 is 0 Å². The molecule has 0 saturated carbocycles. The molecule has 0 fully saturated rings. The average Bonchev–Trinajstić information content (AvgIpc) is 0.722. The van der Waals surface area contributed by atoms with Gasteiger partial charge in [-0.1, -0.05) is 0 Å². The molecule has 0 bridgehead atoms. The summed E-state index contributed by atoms with van der Waals surface area (Å²) >= 11 is 0. The summed E-state index contributed by atoms with van der Waals surface area (Å²) in [7, 11) is 8.50. The van der Waals surface area contributed by atoms with Gasteiger partial charge in [0.1, 0.15) is 0 Å². The fourth-order valence-electron chi connectivity index (χ4n) is 0. The van der Waals surface area contributed by atoms with Gasteiger partial charge in [-0.05, 0) is 0 Å². The van der Waals surface area contributed by atoms with E-state index in [0.29, 0.717) is 0 Å². The van der Waals surface area contributed by atoms with Gasteiger partial charge in [0.25, 0.3) is 0 Å². The summed E-state index contributed by atoms with van der Waals surface area (Å²) in [6.07, 6.45) is 0. The Bertz CT molecular complexity index is 27.2. The molecule has 0 aliphatic heterocycles. The van der Waals surface area contributed by atoms with E-state index in [1.807, 2.05) is 0 Å². The van der Waals surface area contributed by atoms with Crippen LogP contribution in [0.15, 0.2) is 0 Å². The first kappa shape index (κ1) is 9.70. The molecular weight excluding hydrogens is 118 g/mol. The molecule has 0 unspecified atom stereocenters. The molecule has 0 aromatic carbocycles. The van der Waals surface area contributed by atoms with Gasteiger partial charge in [-0.3, -0.25) is 0 Å². The number of nitrogens with zero attached hydrogens (tertiary/aromatic N) is 1. The Morgan fingerprint density at radius 3 is 1.00 bits per heavy atom. The molecule has 0 saturated heterocycles. The third kappa shape index (κ3) is 236. The number of hydrogen-bond acceptors (Lipinski definition) is 0. The van der Waals surface area contributed by atoms with Crippen LogP contribution in [-0.2, 0) is 17.1 Å². The fraction of sp³-hybridized carbons (Fsp3) is 1.00. The molecule has 0 N–H and O–H groups in total. The van der Waals surface area contributed by atoms with Crippen LogP contribution in [0.2, 0.25) is 0 Å². The molecule has 6 heavy (non-hydrogen) atoms. The normalized spacial score (nSPS) is 10.0. The van der Waals surface area contributed by atoms with Crippen molar-refractivity contribution in [3.63, 3.8) is 0 Å². The summed E-state index contributed by atoms with van der Waals surface area (Å²) in [5, 5.41) is 0. The summed E-state index contributed by atoms with van der Waals surface area (Å²) in [6, 6.07) is 0. The van der Waals surface area contributed by atoms with Gasteiger partial charge < -0.3 is 5.91 Å². The topological polar surface area (TPSA) is 0 Å². The van der Waals surface area contributed by atoms with E-state index in [-0.39, 0.29) is 18.5 Å². The van der Waals surface area contributed by atoms with Crippen LogP contribution in [0.4, 0.5) is 0 Å². The van der Waals surface area contributed by atoms with Crippen molar-refractivity contribution in [3.8, 4) is 0 Å². The standard InChI is InChI=1S/C4H12N.Fe.H/c1-5(2,3)4;;/h1-4H3;;/q+1;;-1. The zero-order valence-electron chi connectivity index (χ0n) is 5.80. The van der Waals surface area contributed by atoms with Crippen molar-refractivity contribution in [2.24, 2.45) is 0 Å². The minimum Gasteiger partial charge on any atom is -1.00 e. The summed E-state index contributed by atoms with van der Waals surface area (Å²) in [5.41, 5.74) is 0. The summed E-state index contributed by atoms with van der Waals surface area (Å²) in [5.74, 6) is 0. The number of rotatable bonds is 0. The quantitative estimate of drug-likeness (QED) is 0.330. The van der Waals surface area contributed by atoms with Gasteiger partial charge in [0.15, 0.2) is 0 Å². The van der Waals surface area contributed by atoms with E-state index in [0.717, 1.165) is 4.48 Å². The predicted octanol–water partition coefficient (Wildman–Crippen LogP) is 0.432. The Labute approximate surface area is 51.9 Å². The molecule has 0 aliphatic carbocycles. The second-order valence-electron chi connectivity index (χ2n) is 2.68. The summed E-state index contributed by atoms with van der Waals surface area (Å²) in [4.78, 5) is 0. The number of hydrogen-bond donors (Lipinski definition) is 0. The third-order valence-electron chi connectivity index (χ3n) is 0. The van der Waals surface area contributed by atoms with Gasteiger partial charge >= 0.3 is 0 Å². The van der Waals surface area contributed by atoms with Gasteiger partial charge in [-0.25, -0.2) is 0 Å². The minimum atomic E-state index is 0. The van der Waals surface area contributed by atoms with E-state index in [9.17, 15) is 0 Å². The Hall–Kier alpha value is 0.479. The van der Waals surface area contributed by atoms with E-state index in [1.165, 1.54) is 0 Å². The van der Waals surface area contributed by atoms with Crippen molar-refractivity contribution in [2.75, 3.05) is 28.2 Å². The SMILES string of the molecule is C[N+](C)(C)C.[Fe].[H-]. The molecule has 0 rings (SSSR count). The zero-order valence-corrected chi connectivity index (χ0v) is 5.90. The molecular formula is C4H13FeN. The van der Waals surface area contributed by atoms with Crippen molar-refractivity contribution in [2.45, 2.75) is 0 Å². The largest absolute Gasteiger partial charge is 1.00 e. The van der Waals surface area contributed by atoms with E-state index >= 15 is 0 Å². The maximum atomic E-state index is 2.12. The molecule has 0 radical (unpaired) electrons. The third-order valence-corrected chi connectivity index (χ3v) is 0. The number of quaternary nitrogens is 1. The zero-order chi connectivity index (χ0) is 4.50. The van der Waals surface area contributed by atoms with Crippen LogP contribution in [-0.4, -0.2) is 32.7 Å². The molecule has 42 valence electrons. The predicted molar refractivity (Wildman–Crippen MR) is 25.1 cm³/mol. The first-order chi connectivity index (χ1) is 2.00. The monoisotopic (exact) mass is 131 g/mol. The Morgan fingerprint density at radius 2 is 1.00 bits per heavy atom. The first-order valence-electron chi connectivity index (χ1n) is 1.79. The first-order valence-corrected chi connectivity index (χ1v) is 1.79. The van der Waals surface area contributed by atoms with Crippen molar-refractivity contribution in [3.05, 3.63) is 0 Å². The van der Waals surface area contributed by atoms with E-state index < -0.39 is 0 Å². The Morgan fingerprint density at radius 1 is 1.00 bits per heavy atom. The van der Waals surface area contributed by atoms with Gasteiger partial charge in [0.2, 0.25) is 0 Å². The fourth-order valence-corrected chi connectivity index (χ4v) is 0.